The second kappa shape index (κ2) is 10.6. The van der Waals surface area contributed by atoms with Gasteiger partial charge >= 0.3 is 0 Å². The molecule has 2 aromatic rings. The molecule has 2 aromatic carbocycles. The predicted octanol–water partition coefficient (Wildman–Crippen LogP) is 3.77. The van der Waals surface area contributed by atoms with E-state index in [9.17, 15) is 4.79 Å². The molecule has 0 aromatic heterocycles. The highest BCUT2D eigenvalue weighted by Crippen LogP contribution is 2.21. The first-order chi connectivity index (χ1) is 14.8. The van der Waals surface area contributed by atoms with Gasteiger partial charge in [-0.3, -0.25) is 9.69 Å². The average Bonchev–Trinajstić information content (AvgIpc) is 3.32. The molecule has 2 heterocycles. The van der Waals surface area contributed by atoms with E-state index in [2.05, 4.69) is 34.5 Å². The van der Waals surface area contributed by atoms with Crippen molar-refractivity contribution in [3.05, 3.63) is 65.7 Å². The molecule has 0 unspecified atom stereocenters. The quantitative estimate of drug-likeness (QED) is 0.722. The van der Waals surface area contributed by atoms with Gasteiger partial charge in [-0.1, -0.05) is 42.5 Å². The van der Waals surface area contributed by atoms with E-state index in [4.69, 9.17) is 9.47 Å². The van der Waals surface area contributed by atoms with Crippen LogP contribution in [0.1, 0.15) is 36.8 Å². The lowest BCUT2D eigenvalue weighted by atomic mass is 9.95. The molecule has 0 saturated carbocycles. The number of nitrogens with zero attached hydrogens (tertiary/aromatic N) is 1. The molecule has 2 aliphatic rings. The molecular weight excluding hydrogens is 376 g/mol. The molecule has 5 nitrogen and oxygen atoms in total. The summed E-state index contributed by atoms with van der Waals surface area (Å²) in [5, 5.41) is 3.09. The van der Waals surface area contributed by atoms with Crippen molar-refractivity contribution in [2.45, 2.75) is 44.9 Å². The minimum Gasteiger partial charge on any atom is -0.489 e. The molecule has 4 rings (SSSR count). The number of nitrogens with one attached hydrogen (secondary N) is 1. The molecule has 1 N–H and O–H groups in total. The number of amides is 1. The van der Waals surface area contributed by atoms with Crippen LogP contribution in [-0.2, 0) is 22.7 Å². The number of rotatable bonds is 8. The summed E-state index contributed by atoms with van der Waals surface area (Å²) < 4.78 is 11.5. The monoisotopic (exact) mass is 408 g/mol. The van der Waals surface area contributed by atoms with Gasteiger partial charge in [0.05, 0.1) is 6.10 Å². The zero-order valence-electron chi connectivity index (χ0n) is 17.6. The normalized spacial score (nSPS) is 20.2. The molecule has 5 heteroatoms. The number of ether oxygens (including phenoxy) is 2. The Kier molecular flexibility index (Phi) is 7.38. The van der Waals surface area contributed by atoms with Gasteiger partial charge in [0, 0.05) is 25.6 Å². The van der Waals surface area contributed by atoms with Crippen molar-refractivity contribution in [2.75, 3.05) is 26.2 Å². The second-order valence-electron chi connectivity index (χ2n) is 8.35. The maximum absolute atomic E-state index is 12.4. The average molecular weight is 409 g/mol. The van der Waals surface area contributed by atoms with Gasteiger partial charge in [0.25, 0.3) is 0 Å². The first kappa shape index (κ1) is 20.9. The van der Waals surface area contributed by atoms with E-state index >= 15 is 0 Å². The number of hydrogen-bond donors (Lipinski definition) is 1. The van der Waals surface area contributed by atoms with Crippen molar-refractivity contribution in [3.8, 4) is 5.75 Å². The fraction of sp³-hybridized carbons (Fsp3) is 0.480. The Labute approximate surface area is 179 Å². The predicted molar refractivity (Wildman–Crippen MR) is 117 cm³/mol. The molecule has 2 fully saturated rings. The molecule has 0 radical (unpaired) electrons. The van der Waals surface area contributed by atoms with Gasteiger partial charge in [0.15, 0.2) is 0 Å². The minimum absolute atomic E-state index is 0.136. The molecule has 1 atom stereocenters. The number of carbonyl (C=O) groups is 1. The topological polar surface area (TPSA) is 50.8 Å². The zero-order chi connectivity index (χ0) is 20.6. The summed E-state index contributed by atoms with van der Waals surface area (Å²) >= 11 is 0. The highest BCUT2D eigenvalue weighted by Gasteiger charge is 2.26. The Morgan fingerprint density at radius 2 is 1.77 bits per heavy atom. The van der Waals surface area contributed by atoms with Gasteiger partial charge in [0.2, 0.25) is 5.91 Å². The van der Waals surface area contributed by atoms with Crippen molar-refractivity contribution in [1.82, 2.24) is 10.2 Å². The van der Waals surface area contributed by atoms with Crippen LogP contribution in [0.25, 0.3) is 0 Å². The van der Waals surface area contributed by atoms with Crippen molar-refractivity contribution in [2.24, 2.45) is 5.92 Å². The molecule has 2 aliphatic heterocycles. The number of piperidine rings is 1. The second-order valence-corrected chi connectivity index (χ2v) is 8.35. The van der Waals surface area contributed by atoms with Gasteiger partial charge in [-0.25, -0.2) is 0 Å². The molecular formula is C25H32N2O3. The third kappa shape index (κ3) is 6.07. The van der Waals surface area contributed by atoms with Gasteiger partial charge in [0.1, 0.15) is 12.4 Å². The van der Waals surface area contributed by atoms with Crippen molar-refractivity contribution in [1.29, 1.82) is 0 Å². The summed E-state index contributed by atoms with van der Waals surface area (Å²) in [6, 6.07) is 18.6. The van der Waals surface area contributed by atoms with Crippen LogP contribution < -0.4 is 10.1 Å². The summed E-state index contributed by atoms with van der Waals surface area (Å²) in [6.07, 6.45) is 4.24. The van der Waals surface area contributed by atoms with Gasteiger partial charge in [-0.15, -0.1) is 0 Å². The van der Waals surface area contributed by atoms with E-state index in [1.807, 2.05) is 30.3 Å². The third-order valence-corrected chi connectivity index (χ3v) is 6.06. The smallest absolute Gasteiger partial charge is 0.223 e. The Hall–Kier alpha value is -2.37. The first-order valence-corrected chi connectivity index (χ1v) is 11.1. The van der Waals surface area contributed by atoms with Crippen LogP contribution in [-0.4, -0.2) is 43.2 Å². The summed E-state index contributed by atoms with van der Waals surface area (Å²) in [4.78, 5) is 14.9. The lowest BCUT2D eigenvalue weighted by Crippen LogP contribution is -2.42. The van der Waals surface area contributed by atoms with E-state index < -0.39 is 0 Å². The first-order valence-electron chi connectivity index (χ1n) is 11.1. The lowest BCUT2D eigenvalue weighted by molar-refractivity contribution is -0.127. The van der Waals surface area contributed by atoms with Gasteiger partial charge in [-0.05, 0) is 62.0 Å². The summed E-state index contributed by atoms with van der Waals surface area (Å²) in [7, 11) is 0. The van der Waals surface area contributed by atoms with Crippen molar-refractivity contribution in [3.63, 3.8) is 0 Å². The fourth-order valence-electron chi connectivity index (χ4n) is 4.21. The Morgan fingerprint density at radius 1 is 1.00 bits per heavy atom. The van der Waals surface area contributed by atoms with Crippen LogP contribution in [0, 0.1) is 5.92 Å². The maximum atomic E-state index is 12.4. The fourth-order valence-corrected chi connectivity index (χ4v) is 4.21. The molecule has 0 aliphatic carbocycles. The molecule has 0 spiro atoms. The lowest BCUT2D eigenvalue weighted by Gasteiger charge is -2.31. The van der Waals surface area contributed by atoms with Crippen LogP contribution in [0.15, 0.2) is 54.6 Å². The van der Waals surface area contributed by atoms with E-state index in [-0.39, 0.29) is 17.9 Å². The van der Waals surface area contributed by atoms with E-state index in [0.717, 1.165) is 57.7 Å². The molecule has 30 heavy (non-hydrogen) atoms. The Balaban J connectivity index is 1.17. The molecule has 0 bridgehead atoms. The number of benzene rings is 2. The van der Waals surface area contributed by atoms with Crippen molar-refractivity contribution < 1.29 is 14.3 Å². The molecule has 1 amide bonds. The Bertz CT molecular complexity index is 780. The molecule has 2 saturated heterocycles. The summed E-state index contributed by atoms with van der Waals surface area (Å²) in [6.45, 7) is 4.93. The number of carbonyl (C=O) groups excluding carboxylic acids is 1. The van der Waals surface area contributed by atoms with Crippen LogP contribution in [0.4, 0.5) is 0 Å². The van der Waals surface area contributed by atoms with Gasteiger partial charge in [-0.2, -0.15) is 0 Å². The standard InChI is InChI=1S/C25H32N2O3/c28-25(26-17-24-7-4-16-29-24)22-12-14-27(15-13-22)18-20-8-10-23(11-9-20)30-19-21-5-2-1-3-6-21/h1-3,5-6,8-11,22,24H,4,7,12-19H2,(H,26,28)/t24-/m1/s1. The SMILES string of the molecule is O=C(NC[C@H]1CCCO1)C1CCN(Cc2ccc(OCc3ccccc3)cc2)CC1. The highest BCUT2D eigenvalue weighted by molar-refractivity contribution is 5.78. The number of hydrogen-bond acceptors (Lipinski definition) is 4. The summed E-state index contributed by atoms with van der Waals surface area (Å²) in [5.41, 5.74) is 2.45. The Morgan fingerprint density at radius 3 is 2.47 bits per heavy atom. The maximum Gasteiger partial charge on any atom is 0.223 e. The van der Waals surface area contributed by atoms with E-state index in [1.165, 1.54) is 11.1 Å². The highest BCUT2D eigenvalue weighted by atomic mass is 16.5. The zero-order valence-corrected chi connectivity index (χ0v) is 17.6. The van der Waals surface area contributed by atoms with Crippen LogP contribution in [0.2, 0.25) is 0 Å². The minimum atomic E-state index is 0.136. The third-order valence-electron chi connectivity index (χ3n) is 6.06. The largest absolute Gasteiger partial charge is 0.489 e. The van der Waals surface area contributed by atoms with E-state index in [0.29, 0.717) is 13.2 Å². The number of likely N-dealkylation sites (tertiary alicyclic amines) is 1. The van der Waals surface area contributed by atoms with Crippen LogP contribution in [0.5, 0.6) is 5.75 Å². The molecule has 160 valence electrons. The van der Waals surface area contributed by atoms with E-state index in [1.54, 1.807) is 0 Å². The van der Waals surface area contributed by atoms with Crippen LogP contribution in [0.3, 0.4) is 0 Å². The van der Waals surface area contributed by atoms with Crippen LogP contribution >= 0.6 is 0 Å². The van der Waals surface area contributed by atoms with Gasteiger partial charge < -0.3 is 14.8 Å². The van der Waals surface area contributed by atoms with Crippen molar-refractivity contribution >= 4 is 5.91 Å². The summed E-state index contributed by atoms with van der Waals surface area (Å²) in [5.74, 6) is 1.23.